The molecule has 0 saturated carbocycles. The first-order valence-corrected chi connectivity index (χ1v) is 10.9. The lowest BCUT2D eigenvalue weighted by atomic mass is 9.88. The molecular weight excluding hydrogens is 402 g/mol. The zero-order valence-electron chi connectivity index (χ0n) is 19.5. The largest absolute Gasteiger partial charge is 0.493 e. The van der Waals surface area contributed by atoms with E-state index in [0.29, 0.717) is 0 Å². The van der Waals surface area contributed by atoms with Crippen LogP contribution < -0.4 is 18.9 Å². The average Bonchev–Trinajstić information content (AvgIpc) is 2.82. The lowest BCUT2D eigenvalue weighted by Crippen LogP contribution is -2.33. The molecule has 0 N–H and O–H groups in total. The van der Waals surface area contributed by atoms with Gasteiger partial charge in [-0.25, -0.2) is 0 Å². The molecule has 0 amide bonds. The van der Waals surface area contributed by atoms with Crippen LogP contribution in [0, 0.1) is 6.92 Å². The second-order valence-electron chi connectivity index (χ2n) is 8.26. The monoisotopic (exact) mass is 433 g/mol. The Balaban J connectivity index is 1.68. The molecule has 1 unspecified atom stereocenters. The predicted octanol–water partition coefficient (Wildman–Crippen LogP) is 5.58. The molecule has 0 saturated heterocycles. The van der Waals surface area contributed by atoms with Gasteiger partial charge in [-0.05, 0) is 79.9 Å². The fourth-order valence-electron chi connectivity index (χ4n) is 4.30. The second kappa shape index (κ2) is 9.53. The summed E-state index contributed by atoms with van der Waals surface area (Å²) in [6, 6.07) is 18.7. The number of fused-ring (bicyclic) bond motifs is 1. The first kappa shape index (κ1) is 22.0. The predicted molar refractivity (Wildman–Crippen MR) is 127 cm³/mol. The number of hydrogen-bond donors (Lipinski definition) is 0. The first-order valence-electron chi connectivity index (χ1n) is 10.9. The van der Waals surface area contributed by atoms with Crippen molar-refractivity contribution in [1.82, 2.24) is 4.90 Å². The maximum atomic E-state index is 6.24. The molecule has 1 aliphatic rings. The Labute approximate surface area is 190 Å². The van der Waals surface area contributed by atoms with Gasteiger partial charge in [-0.3, -0.25) is 4.90 Å². The van der Waals surface area contributed by atoms with Crippen molar-refractivity contribution in [3.05, 3.63) is 76.9 Å². The Morgan fingerprint density at radius 2 is 1.50 bits per heavy atom. The Kier molecular flexibility index (Phi) is 6.56. The van der Waals surface area contributed by atoms with Gasteiger partial charge in [-0.15, -0.1) is 0 Å². The van der Waals surface area contributed by atoms with Crippen molar-refractivity contribution >= 4 is 0 Å². The van der Waals surface area contributed by atoms with Gasteiger partial charge in [0.05, 0.1) is 21.3 Å². The van der Waals surface area contributed by atoms with Crippen molar-refractivity contribution in [1.29, 1.82) is 0 Å². The third kappa shape index (κ3) is 4.53. The van der Waals surface area contributed by atoms with Crippen LogP contribution in [0.1, 0.15) is 28.3 Å². The minimum atomic E-state index is 0.225. The van der Waals surface area contributed by atoms with Crippen LogP contribution in [0.2, 0.25) is 0 Å². The maximum absolute atomic E-state index is 6.24. The van der Waals surface area contributed by atoms with E-state index in [0.717, 1.165) is 48.1 Å². The van der Waals surface area contributed by atoms with Crippen molar-refractivity contribution in [2.75, 3.05) is 34.9 Å². The highest BCUT2D eigenvalue weighted by atomic mass is 16.5. The van der Waals surface area contributed by atoms with E-state index in [1.807, 2.05) is 30.3 Å². The van der Waals surface area contributed by atoms with Crippen molar-refractivity contribution in [3.8, 4) is 28.7 Å². The topological polar surface area (TPSA) is 40.2 Å². The van der Waals surface area contributed by atoms with Gasteiger partial charge in [-0.2, -0.15) is 0 Å². The number of nitrogens with zero attached hydrogens (tertiary/aromatic N) is 1. The van der Waals surface area contributed by atoms with Gasteiger partial charge in [0.15, 0.2) is 23.0 Å². The normalized spacial score (nSPS) is 15.7. The molecule has 168 valence electrons. The third-order valence-corrected chi connectivity index (χ3v) is 6.18. The number of benzene rings is 3. The van der Waals surface area contributed by atoms with E-state index in [4.69, 9.17) is 18.9 Å². The summed E-state index contributed by atoms with van der Waals surface area (Å²) in [4.78, 5) is 2.40. The molecule has 5 nitrogen and oxygen atoms in total. The second-order valence-corrected chi connectivity index (χ2v) is 8.26. The van der Waals surface area contributed by atoms with Crippen LogP contribution in [0.5, 0.6) is 28.7 Å². The fourth-order valence-corrected chi connectivity index (χ4v) is 4.30. The zero-order valence-corrected chi connectivity index (χ0v) is 19.5. The van der Waals surface area contributed by atoms with E-state index < -0.39 is 0 Å². The molecule has 0 aromatic heterocycles. The summed E-state index contributed by atoms with van der Waals surface area (Å²) >= 11 is 0. The lowest BCUT2D eigenvalue weighted by molar-refractivity contribution is 0.228. The van der Waals surface area contributed by atoms with E-state index in [2.05, 4.69) is 43.1 Å². The molecule has 0 bridgehead atoms. The molecule has 0 aliphatic carbocycles. The van der Waals surface area contributed by atoms with E-state index >= 15 is 0 Å². The molecule has 1 heterocycles. The van der Waals surface area contributed by atoms with Gasteiger partial charge < -0.3 is 18.9 Å². The fraction of sp³-hybridized carbons (Fsp3) is 0.333. The Hall–Kier alpha value is -3.18. The Morgan fingerprint density at radius 3 is 2.19 bits per heavy atom. The minimum absolute atomic E-state index is 0.225. The zero-order chi connectivity index (χ0) is 22.7. The summed E-state index contributed by atoms with van der Waals surface area (Å²) in [6.07, 6.45) is 1.84. The quantitative estimate of drug-likeness (QED) is 0.486. The van der Waals surface area contributed by atoms with Crippen LogP contribution in [-0.2, 0) is 12.8 Å². The number of hydrogen-bond acceptors (Lipinski definition) is 5. The van der Waals surface area contributed by atoms with Crippen LogP contribution >= 0.6 is 0 Å². The lowest BCUT2D eigenvalue weighted by Gasteiger charge is -2.35. The number of methoxy groups -OCH3 is 3. The van der Waals surface area contributed by atoms with Crippen molar-refractivity contribution in [2.45, 2.75) is 25.8 Å². The number of aryl methyl sites for hydroxylation is 1. The SMILES string of the molecule is COc1ccc(CC2c3cc(Oc4ccc(C)cc4)c(OC)cc3CCN2C)cc1OC. The van der Waals surface area contributed by atoms with Crippen LogP contribution in [0.4, 0.5) is 0 Å². The maximum Gasteiger partial charge on any atom is 0.169 e. The first-order chi connectivity index (χ1) is 15.5. The summed E-state index contributed by atoms with van der Waals surface area (Å²) in [6.45, 7) is 3.06. The molecule has 3 aromatic rings. The standard InChI is InChI=1S/C27H31NO4/c1-18-6-9-21(10-7-18)32-27-17-22-20(16-26(27)31-5)12-13-28(2)23(22)14-19-8-11-24(29-3)25(15-19)30-4/h6-11,15-17,23H,12-14H2,1-5H3. The van der Waals surface area contributed by atoms with E-state index in [1.165, 1.54) is 22.3 Å². The number of rotatable bonds is 7. The van der Waals surface area contributed by atoms with Gasteiger partial charge in [0.25, 0.3) is 0 Å². The summed E-state index contributed by atoms with van der Waals surface area (Å²) in [5.41, 5.74) is 4.98. The molecule has 1 atom stereocenters. The third-order valence-electron chi connectivity index (χ3n) is 6.18. The Bertz CT molecular complexity index is 1080. The molecule has 0 spiro atoms. The summed E-state index contributed by atoms with van der Waals surface area (Å²) in [5.74, 6) is 3.80. The molecule has 0 fully saturated rings. The highest BCUT2D eigenvalue weighted by Gasteiger charge is 2.27. The summed E-state index contributed by atoms with van der Waals surface area (Å²) in [5, 5.41) is 0. The number of likely N-dealkylation sites (N-methyl/N-ethyl adjacent to an activating group) is 1. The molecule has 32 heavy (non-hydrogen) atoms. The number of ether oxygens (including phenoxy) is 4. The highest BCUT2D eigenvalue weighted by Crippen LogP contribution is 2.41. The van der Waals surface area contributed by atoms with Gasteiger partial charge in [-0.1, -0.05) is 23.8 Å². The smallest absolute Gasteiger partial charge is 0.169 e. The van der Waals surface area contributed by atoms with Crippen LogP contribution in [-0.4, -0.2) is 39.8 Å². The van der Waals surface area contributed by atoms with Crippen LogP contribution in [0.25, 0.3) is 0 Å². The van der Waals surface area contributed by atoms with Crippen molar-refractivity contribution in [2.24, 2.45) is 0 Å². The van der Waals surface area contributed by atoms with E-state index in [-0.39, 0.29) is 6.04 Å². The van der Waals surface area contributed by atoms with E-state index in [9.17, 15) is 0 Å². The summed E-state index contributed by atoms with van der Waals surface area (Å²) < 4.78 is 22.8. The van der Waals surface area contributed by atoms with Crippen molar-refractivity contribution in [3.63, 3.8) is 0 Å². The molecule has 1 aliphatic heterocycles. The van der Waals surface area contributed by atoms with Crippen LogP contribution in [0.3, 0.4) is 0 Å². The Morgan fingerprint density at radius 1 is 0.812 bits per heavy atom. The van der Waals surface area contributed by atoms with Gasteiger partial charge in [0.1, 0.15) is 5.75 Å². The molecule has 4 rings (SSSR count). The summed E-state index contributed by atoms with van der Waals surface area (Å²) in [7, 11) is 7.20. The molecular formula is C27H31NO4. The van der Waals surface area contributed by atoms with Gasteiger partial charge in [0.2, 0.25) is 0 Å². The highest BCUT2D eigenvalue weighted by molar-refractivity contribution is 5.52. The van der Waals surface area contributed by atoms with Gasteiger partial charge in [0, 0.05) is 12.6 Å². The molecule has 5 heteroatoms. The average molecular weight is 434 g/mol. The molecule has 3 aromatic carbocycles. The van der Waals surface area contributed by atoms with Crippen molar-refractivity contribution < 1.29 is 18.9 Å². The molecule has 0 radical (unpaired) electrons. The van der Waals surface area contributed by atoms with Gasteiger partial charge >= 0.3 is 0 Å². The van der Waals surface area contributed by atoms with Crippen LogP contribution in [0.15, 0.2) is 54.6 Å². The minimum Gasteiger partial charge on any atom is -0.493 e. The van der Waals surface area contributed by atoms with E-state index in [1.54, 1.807) is 21.3 Å².